The fraction of sp³-hybridized carbons (Fsp3) is 0.500. The quantitative estimate of drug-likeness (QED) is 0.736. The van der Waals surface area contributed by atoms with E-state index >= 15 is 0 Å². The van der Waals surface area contributed by atoms with Gasteiger partial charge in [-0.1, -0.05) is 6.07 Å². The number of carboxylic acids is 1. The van der Waals surface area contributed by atoms with Crippen LogP contribution < -0.4 is 14.6 Å². The molecule has 1 heterocycles. The number of amides is 1. The number of likely N-dealkylation sites (tertiary alicyclic amines) is 1. The second-order valence-electron chi connectivity index (χ2n) is 5.14. The van der Waals surface area contributed by atoms with Gasteiger partial charge in [0, 0.05) is 31.4 Å². The van der Waals surface area contributed by atoms with Crippen LogP contribution in [-0.4, -0.2) is 36.5 Å². The number of carboxylic acid groups (broad SMARTS) is 1. The van der Waals surface area contributed by atoms with Crippen molar-refractivity contribution in [3.63, 3.8) is 0 Å². The van der Waals surface area contributed by atoms with Crippen LogP contribution in [-0.2, 0) is 16.1 Å². The van der Waals surface area contributed by atoms with Crippen molar-refractivity contribution in [3.8, 4) is 11.5 Å². The molecule has 1 atom stereocenters. The van der Waals surface area contributed by atoms with Gasteiger partial charge in [0.15, 0.2) is 11.5 Å². The van der Waals surface area contributed by atoms with Gasteiger partial charge in [-0.15, -0.1) is 0 Å². The van der Waals surface area contributed by atoms with Crippen LogP contribution in [0.15, 0.2) is 18.2 Å². The molecule has 0 aromatic heterocycles. The molecule has 0 spiro atoms. The molecular weight excluding hydrogens is 286 g/mol. The van der Waals surface area contributed by atoms with E-state index in [2.05, 4.69) is 0 Å². The van der Waals surface area contributed by atoms with Gasteiger partial charge in [-0.05, 0) is 31.5 Å². The minimum Gasteiger partial charge on any atom is -0.550 e. The summed E-state index contributed by atoms with van der Waals surface area (Å²) in [6.07, 6.45) is 0.0116. The second kappa shape index (κ2) is 7.15. The Hall–Kier alpha value is -2.24. The van der Waals surface area contributed by atoms with Gasteiger partial charge in [-0.25, -0.2) is 0 Å². The standard InChI is InChI=1S/C16H21NO5/c1-3-21-13-6-5-11(7-14(13)22-4-2)9-17-10-12(16(19)20)8-15(17)18/h5-7,12H,3-4,8-10H2,1-2H3,(H,19,20)/p-1/t12-/m0/s1. The van der Waals surface area contributed by atoms with E-state index in [1.165, 1.54) is 4.90 Å². The minimum absolute atomic E-state index is 0.0116. The largest absolute Gasteiger partial charge is 0.550 e. The number of carbonyl (C=O) groups excluding carboxylic acids is 2. The highest BCUT2D eigenvalue weighted by Crippen LogP contribution is 2.30. The van der Waals surface area contributed by atoms with Gasteiger partial charge in [-0.2, -0.15) is 0 Å². The van der Waals surface area contributed by atoms with E-state index in [4.69, 9.17) is 9.47 Å². The maximum absolute atomic E-state index is 11.9. The number of hydrogen-bond donors (Lipinski definition) is 0. The molecule has 6 nitrogen and oxygen atoms in total. The number of ether oxygens (including phenoxy) is 2. The minimum atomic E-state index is -1.17. The Labute approximate surface area is 129 Å². The zero-order chi connectivity index (χ0) is 16.1. The smallest absolute Gasteiger partial charge is 0.223 e. The lowest BCUT2D eigenvalue weighted by molar-refractivity contribution is -0.311. The van der Waals surface area contributed by atoms with E-state index in [9.17, 15) is 14.7 Å². The Balaban J connectivity index is 2.11. The van der Waals surface area contributed by atoms with E-state index in [1.807, 2.05) is 26.0 Å². The monoisotopic (exact) mass is 306 g/mol. The first-order chi connectivity index (χ1) is 10.5. The summed E-state index contributed by atoms with van der Waals surface area (Å²) in [5.74, 6) is -0.765. The predicted molar refractivity (Wildman–Crippen MR) is 77.3 cm³/mol. The first-order valence-electron chi connectivity index (χ1n) is 7.42. The zero-order valence-electron chi connectivity index (χ0n) is 12.8. The lowest BCUT2D eigenvalue weighted by Crippen LogP contribution is -2.33. The third kappa shape index (κ3) is 3.69. The number of carbonyl (C=O) groups is 2. The molecule has 1 aliphatic rings. The second-order valence-corrected chi connectivity index (χ2v) is 5.14. The molecule has 1 aromatic rings. The van der Waals surface area contributed by atoms with Crippen molar-refractivity contribution in [1.29, 1.82) is 0 Å². The van der Waals surface area contributed by atoms with Crippen molar-refractivity contribution < 1.29 is 24.2 Å². The molecule has 2 rings (SSSR count). The highest BCUT2D eigenvalue weighted by molar-refractivity contribution is 5.85. The average molecular weight is 306 g/mol. The molecular formula is C16H20NO5-. The Bertz CT molecular complexity index is 557. The summed E-state index contributed by atoms with van der Waals surface area (Å²) >= 11 is 0. The van der Waals surface area contributed by atoms with Crippen molar-refractivity contribution in [3.05, 3.63) is 23.8 Å². The molecule has 0 N–H and O–H groups in total. The topological polar surface area (TPSA) is 78.9 Å². The van der Waals surface area contributed by atoms with Crippen LogP contribution >= 0.6 is 0 Å². The van der Waals surface area contributed by atoms with E-state index in [0.717, 1.165) is 5.56 Å². The van der Waals surface area contributed by atoms with E-state index in [1.54, 1.807) is 6.07 Å². The molecule has 0 unspecified atom stereocenters. The number of aliphatic carboxylic acids is 1. The van der Waals surface area contributed by atoms with Crippen molar-refractivity contribution >= 4 is 11.9 Å². The summed E-state index contributed by atoms with van der Waals surface area (Å²) in [4.78, 5) is 24.3. The number of hydrogen-bond acceptors (Lipinski definition) is 5. The third-order valence-corrected chi connectivity index (χ3v) is 3.53. The van der Waals surface area contributed by atoms with Gasteiger partial charge in [0.1, 0.15) is 0 Å². The molecule has 1 fully saturated rings. The summed E-state index contributed by atoms with van der Waals surface area (Å²) < 4.78 is 11.0. The van der Waals surface area contributed by atoms with Crippen molar-refractivity contribution in [2.45, 2.75) is 26.8 Å². The summed E-state index contributed by atoms with van der Waals surface area (Å²) in [5, 5.41) is 10.9. The Kier molecular flexibility index (Phi) is 5.25. The maximum atomic E-state index is 11.9. The molecule has 1 amide bonds. The molecule has 120 valence electrons. The molecule has 0 bridgehead atoms. The van der Waals surface area contributed by atoms with Crippen molar-refractivity contribution in [1.82, 2.24) is 4.90 Å². The van der Waals surface area contributed by atoms with Crippen LogP contribution in [0.25, 0.3) is 0 Å². The van der Waals surface area contributed by atoms with Gasteiger partial charge in [0.2, 0.25) is 5.91 Å². The normalized spacial score (nSPS) is 17.6. The highest BCUT2D eigenvalue weighted by Gasteiger charge is 2.30. The first kappa shape index (κ1) is 16.1. The van der Waals surface area contributed by atoms with Crippen LogP contribution in [0.5, 0.6) is 11.5 Å². The van der Waals surface area contributed by atoms with Gasteiger partial charge in [-0.3, -0.25) is 4.79 Å². The van der Waals surface area contributed by atoms with E-state index < -0.39 is 11.9 Å². The van der Waals surface area contributed by atoms with Gasteiger partial charge >= 0.3 is 0 Å². The van der Waals surface area contributed by atoms with Crippen LogP contribution in [0.3, 0.4) is 0 Å². The van der Waals surface area contributed by atoms with E-state index in [-0.39, 0.29) is 18.9 Å². The molecule has 0 radical (unpaired) electrons. The Morgan fingerprint density at radius 1 is 1.27 bits per heavy atom. The molecule has 1 aromatic carbocycles. The van der Waals surface area contributed by atoms with Gasteiger partial charge in [0.05, 0.1) is 13.2 Å². The van der Waals surface area contributed by atoms with Crippen LogP contribution in [0.4, 0.5) is 0 Å². The van der Waals surface area contributed by atoms with Crippen molar-refractivity contribution in [2.75, 3.05) is 19.8 Å². The third-order valence-electron chi connectivity index (χ3n) is 3.53. The fourth-order valence-corrected chi connectivity index (χ4v) is 2.50. The molecule has 22 heavy (non-hydrogen) atoms. The van der Waals surface area contributed by atoms with Gasteiger partial charge < -0.3 is 24.3 Å². The Morgan fingerprint density at radius 2 is 1.95 bits per heavy atom. The zero-order valence-corrected chi connectivity index (χ0v) is 12.8. The van der Waals surface area contributed by atoms with Crippen molar-refractivity contribution in [2.24, 2.45) is 5.92 Å². The summed E-state index contributed by atoms with van der Waals surface area (Å²) in [6.45, 7) is 5.38. The van der Waals surface area contributed by atoms with Gasteiger partial charge in [0.25, 0.3) is 0 Å². The number of rotatable bonds is 7. The molecule has 1 aliphatic heterocycles. The SMILES string of the molecule is CCOc1ccc(CN2C[C@@H](C(=O)[O-])CC2=O)cc1OCC. The maximum Gasteiger partial charge on any atom is 0.223 e. The number of nitrogens with zero attached hydrogens (tertiary/aromatic N) is 1. The molecule has 0 aliphatic carbocycles. The lowest BCUT2D eigenvalue weighted by atomic mass is 10.1. The summed E-state index contributed by atoms with van der Waals surface area (Å²) in [6, 6.07) is 5.49. The number of benzene rings is 1. The molecule has 6 heteroatoms. The molecule has 1 saturated heterocycles. The summed E-state index contributed by atoms with van der Waals surface area (Å²) in [7, 11) is 0. The van der Waals surface area contributed by atoms with Crippen LogP contribution in [0, 0.1) is 5.92 Å². The molecule has 0 saturated carbocycles. The highest BCUT2D eigenvalue weighted by atomic mass is 16.5. The average Bonchev–Trinajstić information content (AvgIpc) is 2.84. The lowest BCUT2D eigenvalue weighted by Gasteiger charge is -2.18. The summed E-state index contributed by atoms with van der Waals surface area (Å²) in [5.41, 5.74) is 0.874. The Morgan fingerprint density at radius 3 is 2.55 bits per heavy atom. The fourth-order valence-electron chi connectivity index (χ4n) is 2.50. The van der Waals surface area contributed by atoms with Crippen LogP contribution in [0.2, 0.25) is 0 Å². The van der Waals surface area contributed by atoms with E-state index in [0.29, 0.717) is 31.3 Å². The van der Waals surface area contributed by atoms with Crippen LogP contribution in [0.1, 0.15) is 25.8 Å². The predicted octanol–water partition coefficient (Wildman–Crippen LogP) is 0.582. The first-order valence-corrected chi connectivity index (χ1v) is 7.42.